The van der Waals surface area contributed by atoms with E-state index in [-0.39, 0.29) is 0 Å². The van der Waals surface area contributed by atoms with Crippen molar-refractivity contribution in [2.45, 2.75) is 0 Å². The van der Waals surface area contributed by atoms with Crippen LogP contribution in [-0.2, 0) is 0 Å². The summed E-state index contributed by atoms with van der Waals surface area (Å²) in [7, 11) is 0. The Morgan fingerprint density at radius 1 is 1.44 bits per heavy atom. The normalized spacial score (nSPS) is 10.3. The van der Waals surface area contributed by atoms with Crippen molar-refractivity contribution in [2.24, 2.45) is 0 Å². The predicted molar refractivity (Wildman–Crippen MR) is 69.6 cm³/mol. The number of hydrogen-bond acceptors (Lipinski definition) is 3. The minimum atomic E-state index is 0.533. The minimum Gasteiger partial charge on any atom is -0.399 e. The smallest absolute Gasteiger partial charge is 0.0743 e. The lowest BCUT2D eigenvalue weighted by Gasteiger charge is -2.08. The Labute approximate surface area is 98.9 Å². The van der Waals surface area contributed by atoms with E-state index in [1.807, 2.05) is 24.3 Å². The molecule has 0 aliphatic rings. The SMILES string of the molecule is C=C(Cl)CNc1ccnc2cc(N)ccc12. The van der Waals surface area contributed by atoms with Crippen LogP contribution in [0.15, 0.2) is 42.1 Å². The van der Waals surface area contributed by atoms with E-state index in [1.165, 1.54) is 0 Å². The van der Waals surface area contributed by atoms with Gasteiger partial charge in [0.25, 0.3) is 0 Å². The van der Waals surface area contributed by atoms with Gasteiger partial charge >= 0.3 is 0 Å². The first-order valence-corrected chi connectivity index (χ1v) is 5.26. The molecule has 4 heteroatoms. The van der Waals surface area contributed by atoms with Gasteiger partial charge in [-0.1, -0.05) is 18.2 Å². The van der Waals surface area contributed by atoms with E-state index >= 15 is 0 Å². The summed E-state index contributed by atoms with van der Waals surface area (Å²) >= 11 is 5.71. The molecule has 3 N–H and O–H groups in total. The molecule has 1 aromatic heterocycles. The number of anilines is 2. The number of nitrogens with zero attached hydrogens (tertiary/aromatic N) is 1. The molecule has 3 nitrogen and oxygen atoms in total. The first kappa shape index (κ1) is 10.8. The summed E-state index contributed by atoms with van der Waals surface area (Å²) in [6, 6.07) is 7.54. The minimum absolute atomic E-state index is 0.533. The number of fused-ring (bicyclic) bond motifs is 1. The van der Waals surface area contributed by atoms with E-state index in [2.05, 4.69) is 16.9 Å². The largest absolute Gasteiger partial charge is 0.399 e. The number of rotatable bonds is 3. The molecule has 0 bridgehead atoms. The highest BCUT2D eigenvalue weighted by Gasteiger charge is 2.01. The molecule has 0 unspecified atom stereocenters. The molecule has 1 aromatic carbocycles. The maximum atomic E-state index is 5.71. The van der Waals surface area contributed by atoms with Crippen molar-refractivity contribution in [2.75, 3.05) is 17.6 Å². The Balaban J connectivity index is 2.41. The zero-order valence-corrected chi connectivity index (χ0v) is 9.46. The summed E-state index contributed by atoms with van der Waals surface area (Å²) in [5.41, 5.74) is 8.25. The number of halogens is 1. The van der Waals surface area contributed by atoms with Gasteiger partial charge in [-0.05, 0) is 24.3 Å². The third kappa shape index (κ3) is 2.25. The molecular formula is C12H12ClN3. The van der Waals surface area contributed by atoms with Crippen LogP contribution in [0.25, 0.3) is 10.9 Å². The van der Waals surface area contributed by atoms with Crippen LogP contribution in [0.2, 0.25) is 0 Å². The maximum Gasteiger partial charge on any atom is 0.0743 e. The average Bonchev–Trinajstić information content (AvgIpc) is 2.25. The van der Waals surface area contributed by atoms with E-state index in [0.29, 0.717) is 17.3 Å². The quantitative estimate of drug-likeness (QED) is 0.802. The predicted octanol–water partition coefficient (Wildman–Crippen LogP) is 2.98. The number of nitrogens with one attached hydrogen (secondary N) is 1. The Morgan fingerprint density at radius 3 is 3.00 bits per heavy atom. The van der Waals surface area contributed by atoms with Gasteiger partial charge in [-0.3, -0.25) is 4.98 Å². The third-order valence-corrected chi connectivity index (χ3v) is 2.37. The number of hydrogen-bond donors (Lipinski definition) is 2. The molecule has 0 spiro atoms. The topological polar surface area (TPSA) is 50.9 Å². The second-order valence-electron chi connectivity index (χ2n) is 3.51. The number of pyridine rings is 1. The van der Waals surface area contributed by atoms with Gasteiger partial charge in [0.2, 0.25) is 0 Å². The van der Waals surface area contributed by atoms with Crippen LogP contribution in [-0.4, -0.2) is 11.5 Å². The second-order valence-corrected chi connectivity index (χ2v) is 4.04. The third-order valence-electron chi connectivity index (χ3n) is 2.24. The van der Waals surface area contributed by atoms with Crippen molar-refractivity contribution in [1.29, 1.82) is 0 Å². The second kappa shape index (κ2) is 4.41. The van der Waals surface area contributed by atoms with Crippen molar-refractivity contribution >= 4 is 33.9 Å². The van der Waals surface area contributed by atoms with E-state index in [1.54, 1.807) is 6.20 Å². The molecule has 0 saturated carbocycles. The van der Waals surface area contributed by atoms with Gasteiger partial charge in [0.1, 0.15) is 0 Å². The van der Waals surface area contributed by atoms with Crippen molar-refractivity contribution in [3.8, 4) is 0 Å². The number of nitrogens with two attached hydrogens (primary N) is 1. The van der Waals surface area contributed by atoms with Gasteiger partial charge < -0.3 is 11.1 Å². The first-order chi connectivity index (χ1) is 7.66. The van der Waals surface area contributed by atoms with Crippen molar-refractivity contribution in [3.05, 3.63) is 42.1 Å². The van der Waals surface area contributed by atoms with Gasteiger partial charge in [0.15, 0.2) is 0 Å². The van der Waals surface area contributed by atoms with Crippen LogP contribution in [0.5, 0.6) is 0 Å². The fourth-order valence-electron chi connectivity index (χ4n) is 1.51. The summed E-state index contributed by atoms with van der Waals surface area (Å²) < 4.78 is 0. The molecule has 0 atom stereocenters. The van der Waals surface area contributed by atoms with Gasteiger partial charge in [-0.15, -0.1) is 0 Å². The maximum absolute atomic E-state index is 5.71. The average molecular weight is 234 g/mol. The summed E-state index contributed by atoms with van der Waals surface area (Å²) in [5.74, 6) is 0. The molecule has 82 valence electrons. The molecule has 2 rings (SSSR count). The van der Waals surface area contributed by atoms with Crippen LogP contribution in [0.1, 0.15) is 0 Å². The summed E-state index contributed by atoms with van der Waals surface area (Å²) in [6.07, 6.45) is 1.74. The highest BCUT2D eigenvalue weighted by atomic mass is 35.5. The zero-order chi connectivity index (χ0) is 11.5. The monoisotopic (exact) mass is 233 g/mol. The molecule has 1 heterocycles. The Bertz CT molecular complexity index is 537. The first-order valence-electron chi connectivity index (χ1n) is 4.88. The van der Waals surface area contributed by atoms with Crippen molar-refractivity contribution < 1.29 is 0 Å². The lowest BCUT2D eigenvalue weighted by atomic mass is 10.1. The zero-order valence-electron chi connectivity index (χ0n) is 8.70. The Hall–Kier alpha value is -1.74. The highest BCUT2D eigenvalue weighted by Crippen LogP contribution is 2.23. The molecule has 2 aromatic rings. The van der Waals surface area contributed by atoms with Gasteiger partial charge in [0.05, 0.1) is 12.1 Å². The number of benzene rings is 1. The van der Waals surface area contributed by atoms with Crippen LogP contribution < -0.4 is 11.1 Å². The van der Waals surface area contributed by atoms with E-state index in [9.17, 15) is 0 Å². The van der Waals surface area contributed by atoms with E-state index in [4.69, 9.17) is 17.3 Å². The number of nitrogen functional groups attached to an aromatic ring is 1. The van der Waals surface area contributed by atoms with Crippen LogP contribution in [0, 0.1) is 0 Å². The van der Waals surface area contributed by atoms with Gasteiger partial charge in [-0.25, -0.2) is 0 Å². The van der Waals surface area contributed by atoms with E-state index in [0.717, 1.165) is 16.6 Å². The molecular weight excluding hydrogens is 222 g/mol. The molecule has 0 saturated heterocycles. The standard InChI is InChI=1S/C12H12ClN3/c1-8(13)7-16-11-4-5-15-12-6-9(14)2-3-10(11)12/h2-6H,1,7,14H2,(H,15,16). The molecule has 16 heavy (non-hydrogen) atoms. The van der Waals surface area contributed by atoms with Crippen LogP contribution in [0.3, 0.4) is 0 Å². The summed E-state index contributed by atoms with van der Waals surface area (Å²) in [4.78, 5) is 4.25. The summed E-state index contributed by atoms with van der Waals surface area (Å²) in [6.45, 7) is 4.16. The van der Waals surface area contributed by atoms with Crippen molar-refractivity contribution in [1.82, 2.24) is 4.98 Å². The number of aromatic nitrogens is 1. The molecule has 0 fully saturated rings. The van der Waals surface area contributed by atoms with E-state index < -0.39 is 0 Å². The molecule has 0 aliphatic heterocycles. The van der Waals surface area contributed by atoms with Crippen LogP contribution in [0.4, 0.5) is 11.4 Å². The van der Waals surface area contributed by atoms with Gasteiger partial charge in [-0.2, -0.15) is 0 Å². The molecule has 0 radical (unpaired) electrons. The Morgan fingerprint density at radius 2 is 2.25 bits per heavy atom. The summed E-state index contributed by atoms with van der Waals surface area (Å²) in [5, 5.41) is 4.79. The lowest BCUT2D eigenvalue weighted by Crippen LogP contribution is -2.01. The lowest BCUT2D eigenvalue weighted by molar-refractivity contribution is 1.31. The fourth-order valence-corrected chi connectivity index (χ4v) is 1.58. The molecule has 0 aliphatic carbocycles. The highest BCUT2D eigenvalue weighted by molar-refractivity contribution is 6.29. The fraction of sp³-hybridized carbons (Fsp3) is 0.0833. The van der Waals surface area contributed by atoms with Crippen molar-refractivity contribution in [3.63, 3.8) is 0 Å². The van der Waals surface area contributed by atoms with Gasteiger partial charge in [0, 0.05) is 28.0 Å². The Kier molecular flexibility index (Phi) is 2.97. The van der Waals surface area contributed by atoms with Crippen LogP contribution >= 0.6 is 11.6 Å². The molecule has 0 amide bonds.